The summed E-state index contributed by atoms with van der Waals surface area (Å²) in [5, 5.41) is 13.0. The molecule has 0 bridgehead atoms. The summed E-state index contributed by atoms with van der Waals surface area (Å²) in [6, 6.07) is 8.39. The summed E-state index contributed by atoms with van der Waals surface area (Å²) in [7, 11) is 0. The Kier molecular flexibility index (Phi) is 6.49. The van der Waals surface area contributed by atoms with Crippen molar-refractivity contribution in [2.45, 2.75) is 45.8 Å². The average Bonchev–Trinajstić information content (AvgIpc) is 2.33. The molecular weight excluding hydrogens is 238 g/mol. The van der Waals surface area contributed by atoms with Crippen LogP contribution in [0.25, 0.3) is 0 Å². The molecule has 0 fully saturated rings. The lowest BCUT2D eigenvalue weighted by Crippen LogP contribution is -2.34. The van der Waals surface area contributed by atoms with Gasteiger partial charge in [0.1, 0.15) is 0 Å². The van der Waals surface area contributed by atoms with Gasteiger partial charge in [0, 0.05) is 6.54 Å². The lowest BCUT2D eigenvalue weighted by molar-refractivity contribution is -0.0477. The molecule has 0 saturated carbocycles. The molecular formula is C16H27NO2. The van der Waals surface area contributed by atoms with Crippen molar-refractivity contribution in [2.75, 3.05) is 19.7 Å². The summed E-state index contributed by atoms with van der Waals surface area (Å²) in [4.78, 5) is 0. The lowest BCUT2D eigenvalue weighted by Gasteiger charge is -2.22. The Balaban J connectivity index is 2.15. The van der Waals surface area contributed by atoms with Gasteiger partial charge in [-0.25, -0.2) is 0 Å². The first-order valence-corrected chi connectivity index (χ1v) is 6.96. The van der Waals surface area contributed by atoms with Gasteiger partial charge in [-0.05, 0) is 51.8 Å². The van der Waals surface area contributed by atoms with E-state index in [1.54, 1.807) is 0 Å². The van der Waals surface area contributed by atoms with Crippen molar-refractivity contribution >= 4 is 0 Å². The Morgan fingerprint density at radius 1 is 1.26 bits per heavy atom. The Morgan fingerprint density at radius 2 is 1.95 bits per heavy atom. The van der Waals surface area contributed by atoms with E-state index in [2.05, 4.69) is 36.5 Å². The highest BCUT2D eigenvalue weighted by Gasteiger charge is 2.13. The van der Waals surface area contributed by atoms with E-state index in [0.717, 1.165) is 13.0 Å². The predicted molar refractivity (Wildman–Crippen MR) is 79.5 cm³/mol. The number of benzene rings is 1. The first kappa shape index (κ1) is 16.2. The molecule has 2 N–H and O–H groups in total. The minimum absolute atomic E-state index is 0.192. The Hall–Kier alpha value is -0.900. The van der Waals surface area contributed by atoms with Crippen molar-refractivity contribution < 1.29 is 9.84 Å². The van der Waals surface area contributed by atoms with Crippen LogP contribution < -0.4 is 5.32 Å². The molecule has 0 aliphatic heterocycles. The second-order valence-corrected chi connectivity index (χ2v) is 5.96. The van der Waals surface area contributed by atoms with Crippen molar-refractivity contribution in [2.24, 2.45) is 0 Å². The van der Waals surface area contributed by atoms with Gasteiger partial charge < -0.3 is 15.2 Å². The second-order valence-electron chi connectivity index (χ2n) is 5.96. The van der Waals surface area contributed by atoms with Crippen LogP contribution in [-0.4, -0.2) is 36.5 Å². The van der Waals surface area contributed by atoms with E-state index in [0.29, 0.717) is 13.2 Å². The molecule has 0 aromatic heterocycles. The topological polar surface area (TPSA) is 41.5 Å². The Morgan fingerprint density at radius 3 is 2.58 bits per heavy atom. The molecule has 19 heavy (non-hydrogen) atoms. The number of nitrogens with one attached hydrogen (secondary N) is 1. The maximum absolute atomic E-state index is 9.78. The van der Waals surface area contributed by atoms with Crippen LogP contribution >= 0.6 is 0 Å². The molecule has 3 nitrogen and oxygen atoms in total. The minimum Gasteiger partial charge on any atom is -0.389 e. The van der Waals surface area contributed by atoms with Gasteiger partial charge in [0.15, 0.2) is 0 Å². The van der Waals surface area contributed by atoms with Crippen LogP contribution in [0.4, 0.5) is 0 Å². The summed E-state index contributed by atoms with van der Waals surface area (Å²) in [5.74, 6) is 0. The van der Waals surface area contributed by atoms with E-state index >= 15 is 0 Å². The van der Waals surface area contributed by atoms with E-state index in [-0.39, 0.29) is 5.60 Å². The third kappa shape index (κ3) is 7.31. The van der Waals surface area contributed by atoms with Gasteiger partial charge in [0.05, 0.1) is 18.3 Å². The maximum Gasteiger partial charge on any atom is 0.0897 e. The van der Waals surface area contributed by atoms with Crippen molar-refractivity contribution in [1.82, 2.24) is 5.32 Å². The van der Waals surface area contributed by atoms with E-state index < -0.39 is 6.10 Å². The normalized spacial score (nSPS) is 13.5. The van der Waals surface area contributed by atoms with Gasteiger partial charge in [-0.2, -0.15) is 0 Å². The van der Waals surface area contributed by atoms with Crippen LogP contribution in [-0.2, 0) is 11.2 Å². The van der Waals surface area contributed by atoms with E-state index in [9.17, 15) is 5.11 Å². The molecule has 1 atom stereocenters. The van der Waals surface area contributed by atoms with E-state index in [4.69, 9.17) is 4.74 Å². The van der Waals surface area contributed by atoms with Crippen molar-refractivity contribution in [3.05, 3.63) is 35.4 Å². The predicted octanol–water partition coefficient (Wildman–Crippen LogP) is 2.30. The molecule has 108 valence electrons. The molecule has 1 aromatic carbocycles. The molecule has 1 unspecified atom stereocenters. The van der Waals surface area contributed by atoms with Gasteiger partial charge in [-0.1, -0.05) is 24.3 Å². The van der Waals surface area contributed by atoms with Crippen LogP contribution in [0.15, 0.2) is 24.3 Å². The molecule has 0 aliphatic carbocycles. The SMILES string of the molecule is Cc1ccccc1CCNCC(O)COC(C)(C)C. The molecule has 3 heteroatoms. The number of hydrogen-bond donors (Lipinski definition) is 2. The molecule has 1 rings (SSSR count). The third-order valence-electron chi connectivity index (χ3n) is 2.92. The van der Waals surface area contributed by atoms with E-state index in [1.165, 1.54) is 11.1 Å². The molecule has 0 aliphatic rings. The molecule has 0 heterocycles. The monoisotopic (exact) mass is 265 g/mol. The highest BCUT2D eigenvalue weighted by molar-refractivity contribution is 5.25. The number of rotatable bonds is 7. The van der Waals surface area contributed by atoms with Gasteiger partial charge in [-0.3, -0.25) is 0 Å². The highest BCUT2D eigenvalue weighted by Crippen LogP contribution is 2.08. The zero-order chi connectivity index (χ0) is 14.3. The van der Waals surface area contributed by atoms with Crippen molar-refractivity contribution in [1.29, 1.82) is 0 Å². The van der Waals surface area contributed by atoms with Gasteiger partial charge in [0.2, 0.25) is 0 Å². The molecule has 0 amide bonds. The third-order valence-corrected chi connectivity index (χ3v) is 2.92. The van der Waals surface area contributed by atoms with Crippen LogP contribution in [0.1, 0.15) is 31.9 Å². The highest BCUT2D eigenvalue weighted by atomic mass is 16.5. The van der Waals surface area contributed by atoms with Crippen LogP contribution in [0, 0.1) is 6.92 Å². The number of ether oxygens (including phenoxy) is 1. The smallest absolute Gasteiger partial charge is 0.0897 e. The second kappa shape index (κ2) is 7.63. The fraction of sp³-hybridized carbons (Fsp3) is 0.625. The van der Waals surface area contributed by atoms with Crippen LogP contribution in [0.3, 0.4) is 0 Å². The van der Waals surface area contributed by atoms with Gasteiger partial charge in [0.25, 0.3) is 0 Å². The first-order valence-electron chi connectivity index (χ1n) is 6.96. The van der Waals surface area contributed by atoms with Crippen LogP contribution in [0.5, 0.6) is 0 Å². The number of aliphatic hydroxyl groups excluding tert-OH is 1. The standard InChI is InChI=1S/C16H27NO2/c1-13-7-5-6-8-14(13)9-10-17-11-15(18)12-19-16(2,3)4/h5-8,15,17-18H,9-12H2,1-4H3. The Bertz CT molecular complexity index is 371. The summed E-state index contributed by atoms with van der Waals surface area (Å²) in [6.07, 6.45) is 0.538. The van der Waals surface area contributed by atoms with Crippen molar-refractivity contribution in [3.63, 3.8) is 0 Å². The average molecular weight is 265 g/mol. The van der Waals surface area contributed by atoms with E-state index in [1.807, 2.05) is 20.8 Å². The number of aliphatic hydroxyl groups is 1. The fourth-order valence-electron chi connectivity index (χ4n) is 1.79. The largest absolute Gasteiger partial charge is 0.389 e. The fourth-order valence-corrected chi connectivity index (χ4v) is 1.79. The van der Waals surface area contributed by atoms with Crippen molar-refractivity contribution in [3.8, 4) is 0 Å². The Labute approximate surface area is 117 Å². The first-order chi connectivity index (χ1) is 8.88. The molecule has 0 saturated heterocycles. The summed E-state index contributed by atoms with van der Waals surface area (Å²) in [6.45, 7) is 9.92. The lowest BCUT2D eigenvalue weighted by atomic mass is 10.1. The van der Waals surface area contributed by atoms with Gasteiger partial charge >= 0.3 is 0 Å². The van der Waals surface area contributed by atoms with Gasteiger partial charge in [-0.15, -0.1) is 0 Å². The zero-order valence-electron chi connectivity index (χ0n) is 12.6. The zero-order valence-corrected chi connectivity index (χ0v) is 12.6. The number of aryl methyl sites for hydroxylation is 1. The summed E-state index contributed by atoms with van der Waals surface area (Å²) < 4.78 is 5.54. The summed E-state index contributed by atoms with van der Waals surface area (Å²) >= 11 is 0. The van der Waals surface area contributed by atoms with Crippen LogP contribution in [0.2, 0.25) is 0 Å². The summed E-state index contributed by atoms with van der Waals surface area (Å²) in [5.41, 5.74) is 2.48. The molecule has 1 aromatic rings. The number of hydrogen-bond acceptors (Lipinski definition) is 3. The minimum atomic E-state index is -0.448. The molecule has 0 radical (unpaired) electrons. The maximum atomic E-state index is 9.78. The molecule has 0 spiro atoms. The quantitative estimate of drug-likeness (QED) is 0.743.